The summed E-state index contributed by atoms with van der Waals surface area (Å²) in [5.41, 5.74) is 9.15. The van der Waals surface area contributed by atoms with Crippen LogP contribution in [-0.4, -0.2) is 19.2 Å². The lowest BCUT2D eigenvalue weighted by molar-refractivity contribution is 0.288. The number of hydrogen-bond acceptors (Lipinski definition) is 3. The maximum atomic E-state index is 6.13. The molecule has 3 aromatic carbocycles. The van der Waals surface area contributed by atoms with Crippen LogP contribution in [0.4, 0.5) is 5.69 Å². The average molecular weight is 507 g/mol. The molecule has 6 rings (SSSR count). The fourth-order valence-electron chi connectivity index (χ4n) is 5.14. The summed E-state index contributed by atoms with van der Waals surface area (Å²) in [4.78, 5) is 0.668. The zero-order valence-corrected chi connectivity index (χ0v) is 22.0. The maximum absolute atomic E-state index is 6.13. The summed E-state index contributed by atoms with van der Waals surface area (Å²) < 4.78 is 10.5. The van der Waals surface area contributed by atoms with E-state index in [1.54, 1.807) is 0 Å². The highest BCUT2D eigenvalue weighted by Gasteiger charge is 2.29. The summed E-state index contributed by atoms with van der Waals surface area (Å²) in [5.74, 6) is 1.76. The second-order valence-corrected chi connectivity index (χ2v) is 10.2. The van der Waals surface area contributed by atoms with Gasteiger partial charge in [-0.1, -0.05) is 77.9 Å². The third kappa shape index (κ3) is 4.53. The standard InChI is InChI=1S/C31H30N4OS/c1-21-11-15-23(16-12-21)28-26-10-6-7-19-34-27(20-36-25-8-4-3-5-9-25)33-35(31(26)34)29(28)30(37)32-24-17-13-22(2)14-18-24/h3-5,8-9,11-18H,6-7,10,19-20H2,1-2H3,(H,32,37). The smallest absolute Gasteiger partial charge is 0.169 e. The number of aromatic nitrogens is 3. The molecule has 0 unspecified atom stereocenters. The van der Waals surface area contributed by atoms with E-state index >= 15 is 0 Å². The lowest BCUT2D eigenvalue weighted by Gasteiger charge is -2.12. The molecule has 37 heavy (non-hydrogen) atoms. The van der Waals surface area contributed by atoms with Crippen molar-refractivity contribution in [3.05, 3.63) is 107 Å². The van der Waals surface area contributed by atoms with Gasteiger partial charge in [0.25, 0.3) is 0 Å². The van der Waals surface area contributed by atoms with Crippen LogP contribution in [0.5, 0.6) is 5.75 Å². The molecule has 2 aromatic heterocycles. The minimum absolute atomic E-state index is 0.405. The molecule has 0 aliphatic carbocycles. The predicted molar refractivity (Wildman–Crippen MR) is 154 cm³/mol. The minimum atomic E-state index is 0.405. The number of benzene rings is 3. The average Bonchev–Trinajstić information content (AvgIpc) is 3.31. The quantitative estimate of drug-likeness (QED) is 0.249. The first-order valence-electron chi connectivity index (χ1n) is 12.8. The van der Waals surface area contributed by atoms with Crippen molar-refractivity contribution in [3.8, 4) is 16.9 Å². The second-order valence-electron chi connectivity index (χ2n) is 9.75. The summed E-state index contributed by atoms with van der Waals surface area (Å²) in [6.45, 7) is 5.53. The highest BCUT2D eigenvalue weighted by atomic mass is 32.1. The molecule has 1 N–H and O–H groups in total. The zero-order valence-electron chi connectivity index (χ0n) is 21.2. The van der Waals surface area contributed by atoms with Crippen molar-refractivity contribution < 1.29 is 4.74 Å². The fourth-order valence-corrected chi connectivity index (χ4v) is 5.45. The Morgan fingerprint density at radius 2 is 1.62 bits per heavy atom. The molecule has 0 atom stereocenters. The van der Waals surface area contributed by atoms with Gasteiger partial charge in [-0.2, -0.15) is 0 Å². The maximum Gasteiger partial charge on any atom is 0.169 e. The molecule has 5 nitrogen and oxygen atoms in total. The number of anilines is 1. The molecular formula is C31H30N4OS. The Labute approximate surface area is 222 Å². The van der Waals surface area contributed by atoms with Crippen LogP contribution >= 0.6 is 12.2 Å². The van der Waals surface area contributed by atoms with Crippen LogP contribution < -0.4 is 10.1 Å². The molecule has 1 aliphatic heterocycles. The van der Waals surface area contributed by atoms with Crippen molar-refractivity contribution in [2.24, 2.45) is 0 Å². The van der Waals surface area contributed by atoms with E-state index in [1.165, 1.54) is 27.8 Å². The van der Waals surface area contributed by atoms with Gasteiger partial charge in [0.05, 0.1) is 0 Å². The number of thiocarbonyl (C=S) groups is 1. The van der Waals surface area contributed by atoms with Gasteiger partial charge in [-0.05, 0) is 62.9 Å². The molecule has 0 saturated carbocycles. The molecule has 0 bridgehead atoms. The van der Waals surface area contributed by atoms with Crippen molar-refractivity contribution in [2.45, 2.75) is 46.3 Å². The number of para-hydroxylation sites is 1. The van der Waals surface area contributed by atoms with Crippen molar-refractivity contribution in [2.75, 3.05) is 5.32 Å². The van der Waals surface area contributed by atoms with Gasteiger partial charge in [0.1, 0.15) is 28.7 Å². The van der Waals surface area contributed by atoms with Gasteiger partial charge in [0.15, 0.2) is 5.82 Å². The number of nitrogens with one attached hydrogen (secondary N) is 1. The Balaban J connectivity index is 1.50. The summed E-state index contributed by atoms with van der Waals surface area (Å²) in [7, 11) is 0. The summed E-state index contributed by atoms with van der Waals surface area (Å²) in [6.07, 6.45) is 3.22. The van der Waals surface area contributed by atoms with Crippen molar-refractivity contribution >= 4 is 28.5 Å². The molecule has 0 fully saturated rings. The van der Waals surface area contributed by atoms with Crippen LogP contribution in [-0.2, 0) is 19.6 Å². The van der Waals surface area contributed by atoms with Crippen LogP contribution in [0.1, 0.15) is 41.1 Å². The number of ether oxygens (including phenoxy) is 1. The zero-order chi connectivity index (χ0) is 25.4. The van der Waals surface area contributed by atoms with E-state index in [1.807, 2.05) is 30.3 Å². The normalized spacial score (nSPS) is 12.9. The van der Waals surface area contributed by atoms with E-state index in [4.69, 9.17) is 22.1 Å². The van der Waals surface area contributed by atoms with Crippen LogP contribution in [0.2, 0.25) is 0 Å². The lowest BCUT2D eigenvalue weighted by atomic mass is 9.97. The largest absolute Gasteiger partial charge is 0.486 e. The number of aryl methyl sites for hydroxylation is 4. The Kier molecular flexibility index (Phi) is 6.26. The number of rotatable bonds is 6. The van der Waals surface area contributed by atoms with E-state index in [-0.39, 0.29) is 0 Å². The third-order valence-corrected chi connectivity index (χ3v) is 7.33. The molecule has 6 heteroatoms. The van der Waals surface area contributed by atoms with Gasteiger partial charge in [-0.25, -0.2) is 4.52 Å². The molecular weight excluding hydrogens is 476 g/mol. The summed E-state index contributed by atoms with van der Waals surface area (Å²) >= 11 is 6.07. The van der Waals surface area contributed by atoms with Gasteiger partial charge in [0.2, 0.25) is 0 Å². The number of nitrogens with zero attached hydrogens (tertiary/aromatic N) is 3. The molecule has 3 heterocycles. The van der Waals surface area contributed by atoms with Gasteiger partial charge < -0.3 is 14.6 Å². The van der Waals surface area contributed by atoms with E-state index in [2.05, 4.69) is 76.8 Å². The van der Waals surface area contributed by atoms with E-state index in [0.29, 0.717) is 11.6 Å². The van der Waals surface area contributed by atoms with Crippen LogP contribution in [0.15, 0.2) is 78.9 Å². The molecule has 0 amide bonds. The van der Waals surface area contributed by atoms with Gasteiger partial charge >= 0.3 is 0 Å². The number of hydrogen-bond donors (Lipinski definition) is 1. The fraction of sp³-hybridized carbons (Fsp3) is 0.226. The Bertz CT molecular complexity index is 1560. The van der Waals surface area contributed by atoms with Gasteiger partial charge in [-0.3, -0.25) is 0 Å². The lowest BCUT2D eigenvalue weighted by Crippen LogP contribution is -2.15. The molecule has 0 radical (unpaired) electrons. The SMILES string of the molecule is Cc1ccc(NC(=S)c2c(-c3ccc(C)cc3)c3c4n(c(COc5ccccc5)nn24)CCCC3)cc1. The van der Waals surface area contributed by atoms with Crippen LogP contribution in [0, 0.1) is 13.8 Å². The van der Waals surface area contributed by atoms with E-state index < -0.39 is 0 Å². The monoisotopic (exact) mass is 506 g/mol. The van der Waals surface area contributed by atoms with Crippen molar-refractivity contribution in [1.82, 2.24) is 14.2 Å². The van der Waals surface area contributed by atoms with Crippen LogP contribution in [0.3, 0.4) is 0 Å². The first kappa shape index (κ1) is 23.5. The molecule has 5 aromatic rings. The molecule has 0 spiro atoms. The Hall–Kier alpha value is -3.90. The van der Waals surface area contributed by atoms with E-state index in [0.717, 1.165) is 54.4 Å². The van der Waals surface area contributed by atoms with E-state index in [9.17, 15) is 0 Å². The van der Waals surface area contributed by atoms with Crippen LogP contribution in [0.25, 0.3) is 16.8 Å². The topological polar surface area (TPSA) is 43.5 Å². The first-order valence-corrected chi connectivity index (χ1v) is 13.2. The highest BCUT2D eigenvalue weighted by molar-refractivity contribution is 7.81. The predicted octanol–water partition coefficient (Wildman–Crippen LogP) is 7.12. The Morgan fingerprint density at radius 3 is 2.35 bits per heavy atom. The molecule has 0 saturated heterocycles. The molecule has 1 aliphatic rings. The summed E-state index contributed by atoms with van der Waals surface area (Å²) in [6, 6.07) is 27.0. The third-order valence-electron chi connectivity index (χ3n) is 7.04. The Morgan fingerprint density at radius 1 is 0.919 bits per heavy atom. The first-order chi connectivity index (χ1) is 18.1. The summed E-state index contributed by atoms with van der Waals surface area (Å²) in [5, 5.41) is 8.60. The highest BCUT2D eigenvalue weighted by Crippen LogP contribution is 2.37. The van der Waals surface area contributed by atoms with Gasteiger partial charge in [-0.15, -0.1) is 5.10 Å². The van der Waals surface area contributed by atoms with Crippen molar-refractivity contribution in [1.29, 1.82) is 0 Å². The second kappa shape index (κ2) is 9.87. The van der Waals surface area contributed by atoms with Crippen molar-refractivity contribution in [3.63, 3.8) is 0 Å². The van der Waals surface area contributed by atoms with Gasteiger partial charge in [0, 0.05) is 23.4 Å². The minimum Gasteiger partial charge on any atom is -0.486 e. The molecule has 186 valence electrons.